The molecule has 2 N–H and O–H groups in total. The standard InChI is InChI=1S/C9H15NO2/c1-5-8(12)10-7(6-11)9(2,3)4/h1,7,11H,6H2,2-4H3,(H,10,12). The van der Waals surface area contributed by atoms with E-state index in [0.29, 0.717) is 0 Å². The van der Waals surface area contributed by atoms with Gasteiger partial charge in [-0.15, -0.1) is 6.42 Å². The molecule has 1 atom stereocenters. The van der Waals surface area contributed by atoms with Crippen molar-refractivity contribution in [3.63, 3.8) is 0 Å². The molecule has 68 valence electrons. The van der Waals surface area contributed by atoms with Crippen molar-refractivity contribution >= 4 is 5.91 Å². The molecule has 0 aromatic carbocycles. The summed E-state index contributed by atoms with van der Waals surface area (Å²) >= 11 is 0. The van der Waals surface area contributed by atoms with Gasteiger partial charge in [-0.25, -0.2) is 0 Å². The van der Waals surface area contributed by atoms with Crippen LogP contribution in [0, 0.1) is 17.8 Å². The fourth-order valence-corrected chi connectivity index (χ4v) is 0.736. The first-order valence-corrected chi connectivity index (χ1v) is 3.79. The number of carbonyl (C=O) groups is 1. The van der Waals surface area contributed by atoms with Crippen LogP contribution >= 0.6 is 0 Å². The molecule has 0 heterocycles. The van der Waals surface area contributed by atoms with E-state index in [1.807, 2.05) is 26.7 Å². The Balaban J connectivity index is 4.21. The molecule has 0 rings (SSSR count). The lowest BCUT2D eigenvalue weighted by Crippen LogP contribution is -2.45. The number of terminal acetylenes is 1. The van der Waals surface area contributed by atoms with Crippen molar-refractivity contribution in [3.05, 3.63) is 0 Å². The van der Waals surface area contributed by atoms with E-state index >= 15 is 0 Å². The van der Waals surface area contributed by atoms with E-state index < -0.39 is 5.91 Å². The molecule has 3 heteroatoms. The van der Waals surface area contributed by atoms with Crippen LogP contribution in [0.1, 0.15) is 20.8 Å². The Morgan fingerprint density at radius 2 is 2.17 bits per heavy atom. The molecule has 1 amide bonds. The molecular formula is C9H15NO2. The Kier molecular flexibility index (Phi) is 3.78. The lowest BCUT2D eigenvalue weighted by atomic mass is 9.87. The van der Waals surface area contributed by atoms with Gasteiger partial charge in [-0.1, -0.05) is 20.8 Å². The molecule has 0 saturated heterocycles. The molecule has 0 aliphatic heterocycles. The van der Waals surface area contributed by atoms with Crippen LogP contribution in [0.4, 0.5) is 0 Å². The molecular weight excluding hydrogens is 154 g/mol. The van der Waals surface area contributed by atoms with Gasteiger partial charge in [0.25, 0.3) is 5.91 Å². The molecule has 0 fully saturated rings. The molecule has 3 nitrogen and oxygen atoms in total. The van der Waals surface area contributed by atoms with Crippen molar-refractivity contribution in [2.24, 2.45) is 5.41 Å². The minimum absolute atomic E-state index is 0.100. The molecule has 0 aliphatic rings. The van der Waals surface area contributed by atoms with Gasteiger partial charge in [0.05, 0.1) is 12.6 Å². The number of hydrogen-bond acceptors (Lipinski definition) is 2. The highest BCUT2D eigenvalue weighted by Gasteiger charge is 2.24. The molecule has 1 unspecified atom stereocenters. The van der Waals surface area contributed by atoms with Crippen LogP contribution in [0.15, 0.2) is 0 Å². The van der Waals surface area contributed by atoms with Crippen LogP contribution < -0.4 is 5.32 Å². The van der Waals surface area contributed by atoms with E-state index in [4.69, 9.17) is 11.5 Å². The summed E-state index contributed by atoms with van der Waals surface area (Å²) in [5.74, 6) is 1.46. The normalized spacial score (nSPS) is 13.2. The minimum atomic E-state index is -0.482. The van der Waals surface area contributed by atoms with Gasteiger partial charge in [0, 0.05) is 0 Å². The molecule has 12 heavy (non-hydrogen) atoms. The molecule has 0 spiro atoms. The zero-order chi connectivity index (χ0) is 9.78. The maximum absolute atomic E-state index is 10.8. The van der Waals surface area contributed by atoms with Crippen LogP contribution in [0.2, 0.25) is 0 Å². The summed E-state index contributed by atoms with van der Waals surface area (Å²) in [7, 11) is 0. The van der Waals surface area contributed by atoms with Crippen LogP contribution in [-0.4, -0.2) is 23.7 Å². The second-order valence-corrected chi connectivity index (χ2v) is 3.72. The van der Waals surface area contributed by atoms with Crippen LogP contribution in [0.5, 0.6) is 0 Å². The highest BCUT2D eigenvalue weighted by molar-refractivity contribution is 5.93. The van der Waals surface area contributed by atoms with E-state index in [2.05, 4.69) is 5.32 Å². The molecule has 0 bridgehead atoms. The van der Waals surface area contributed by atoms with E-state index in [0.717, 1.165) is 0 Å². The zero-order valence-electron chi connectivity index (χ0n) is 7.72. The van der Waals surface area contributed by atoms with Gasteiger partial charge in [-0.2, -0.15) is 0 Å². The second kappa shape index (κ2) is 4.13. The van der Waals surface area contributed by atoms with E-state index in [9.17, 15) is 4.79 Å². The quantitative estimate of drug-likeness (QED) is 0.578. The van der Waals surface area contributed by atoms with Crippen LogP contribution in [-0.2, 0) is 4.79 Å². The first-order valence-electron chi connectivity index (χ1n) is 3.79. The highest BCUT2D eigenvalue weighted by Crippen LogP contribution is 2.18. The van der Waals surface area contributed by atoms with Gasteiger partial charge >= 0.3 is 0 Å². The molecule has 0 aliphatic carbocycles. The number of hydrogen-bond donors (Lipinski definition) is 2. The number of amides is 1. The summed E-state index contributed by atoms with van der Waals surface area (Å²) < 4.78 is 0. The number of rotatable bonds is 2. The van der Waals surface area contributed by atoms with E-state index in [-0.39, 0.29) is 18.1 Å². The Labute approximate surface area is 73.2 Å². The summed E-state index contributed by atoms with van der Waals surface area (Å²) in [6, 6.07) is -0.291. The van der Waals surface area contributed by atoms with Gasteiger partial charge in [0.2, 0.25) is 0 Å². The summed E-state index contributed by atoms with van der Waals surface area (Å²) in [5.41, 5.74) is -0.179. The third kappa shape index (κ3) is 3.40. The maximum atomic E-state index is 10.8. The first kappa shape index (κ1) is 11.0. The van der Waals surface area contributed by atoms with Gasteiger partial charge in [-0.3, -0.25) is 4.79 Å². The van der Waals surface area contributed by atoms with Gasteiger partial charge in [0.15, 0.2) is 0 Å². The Morgan fingerprint density at radius 3 is 2.42 bits per heavy atom. The lowest BCUT2D eigenvalue weighted by Gasteiger charge is -2.28. The van der Waals surface area contributed by atoms with Crippen molar-refractivity contribution < 1.29 is 9.90 Å². The predicted molar refractivity (Wildman–Crippen MR) is 47.3 cm³/mol. The Morgan fingerprint density at radius 1 is 1.67 bits per heavy atom. The second-order valence-electron chi connectivity index (χ2n) is 3.72. The van der Waals surface area contributed by atoms with Crippen molar-refractivity contribution in [1.82, 2.24) is 5.32 Å². The maximum Gasteiger partial charge on any atom is 0.295 e. The largest absolute Gasteiger partial charge is 0.394 e. The topological polar surface area (TPSA) is 49.3 Å². The van der Waals surface area contributed by atoms with Crippen LogP contribution in [0.3, 0.4) is 0 Å². The average Bonchev–Trinajstić information content (AvgIpc) is 1.97. The van der Waals surface area contributed by atoms with Gasteiger partial charge in [0.1, 0.15) is 0 Å². The molecule has 0 aromatic rings. The molecule has 0 saturated carbocycles. The van der Waals surface area contributed by atoms with Gasteiger partial charge < -0.3 is 10.4 Å². The minimum Gasteiger partial charge on any atom is -0.394 e. The highest BCUT2D eigenvalue weighted by atomic mass is 16.3. The third-order valence-electron chi connectivity index (χ3n) is 1.66. The fourth-order valence-electron chi connectivity index (χ4n) is 0.736. The van der Waals surface area contributed by atoms with Gasteiger partial charge in [-0.05, 0) is 11.3 Å². The Hall–Kier alpha value is -1.01. The number of carbonyl (C=O) groups excluding carboxylic acids is 1. The summed E-state index contributed by atoms with van der Waals surface area (Å²) in [6.45, 7) is 5.66. The number of aliphatic hydroxyl groups excluding tert-OH is 1. The monoisotopic (exact) mass is 169 g/mol. The van der Waals surface area contributed by atoms with E-state index in [1.54, 1.807) is 0 Å². The summed E-state index contributed by atoms with van der Waals surface area (Å²) in [4.78, 5) is 10.8. The summed E-state index contributed by atoms with van der Waals surface area (Å²) in [6.07, 6.45) is 4.87. The third-order valence-corrected chi connectivity index (χ3v) is 1.66. The number of aliphatic hydroxyl groups is 1. The van der Waals surface area contributed by atoms with Crippen molar-refractivity contribution in [1.29, 1.82) is 0 Å². The lowest BCUT2D eigenvalue weighted by molar-refractivity contribution is -0.117. The van der Waals surface area contributed by atoms with Crippen molar-refractivity contribution in [3.8, 4) is 12.3 Å². The Bertz CT molecular complexity index is 198. The fraction of sp³-hybridized carbons (Fsp3) is 0.667. The smallest absolute Gasteiger partial charge is 0.295 e. The average molecular weight is 169 g/mol. The summed E-state index contributed by atoms with van der Waals surface area (Å²) in [5, 5.41) is 11.5. The van der Waals surface area contributed by atoms with Crippen LogP contribution in [0.25, 0.3) is 0 Å². The van der Waals surface area contributed by atoms with Crippen molar-refractivity contribution in [2.75, 3.05) is 6.61 Å². The zero-order valence-corrected chi connectivity index (χ0v) is 7.72. The SMILES string of the molecule is C#CC(=O)NC(CO)C(C)(C)C. The molecule has 0 aromatic heterocycles. The van der Waals surface area contributed by atoms with Crippen molar-refractivity contribution in [2.45, 2.75) is 26.8 Å². The first-order chi connectivity index (χ1) is 5.41. The molecule has 0 radical (unpaired) electrons. The van der Waals surface area contributed by atoms with E-state index in [1.165, 1.54) is 0 Å². The predicted octanol–water partition coefficient (Wildman–Crippen LogP) is 0.143. The number of nitrogens with one attached hydrogen (secondary N) is 1.